The molecule has 0 aliphatic rings. The molecule has 0 atom stereocenters. The van der Waals surface area contributed by atoms with E-state index in [-0.39, 0.29) is 0 Å². The second-order valence-corrected chi connectivity index (χ2v) is 9.25. The molecule has 0 N–H and O–H groups in total. The van der Waals surface area contributed by atoms with Gasteiger partial charge in [-0.25, -0.2) is 4.68 Å². The van der Waals surface area contributed by atoms with Gasteiger partial charge in [-0.05, 0) is 63.3 Å². The molecule has 0 amide bonds. The zero-order chi connectivity index (χ0) is 20.4. The van der Waals surface area contributed by atoms with Crippen molar-refractivity contribution in [2.75, 3.05) is 13.2 Å². The normalized spacial score (nSPS) is 11.2. The van der Waals surface area contributed by atoms with Crippen molar-refractivity contribution in [3.8, 4) is 22.2 Å². The third kappa shape index (κ3) is 4.48. The van der Waals surface area contributed by atoms with Crippen molar-refractivity contribution < 1.29 is 9.47 Å². The van der Waals surface area contributed by atoms with Crippen molar-refractivity contribution in [2.24, 2.45) is 0 Å². The Morgan fingerprint density at radius 1 is 1.10 bits per heavy atom. The van der Waals surface area contributed by atoms with Crippen LogP contribution < -0.4 is 9.47 Å². The molecule has 2 aromatic heterocycles. The largest absolute Gasteiger partial charge is 0.490 e. The van der Waals surface area contributed by atoms with Crippen LogP contribution in [-0.4, -0.2) is 23.0 Å². The first-order chi connectivity index (χ1) is 14.1. The topological polar surface area (TPSA) is 36.3 Å². The molecule has 0 spiro atoms. The van der Waals surface area contributed by atoms with Gasteiger partial charge in [0.2, 0.25) is 5.88 Å². The van der Waals surface area contributed by atoms with Gasteiger partial charge in [0.15, 0.2) is 0 Å². The van der Waals surface area contributed by atoms with Gasteiger partial charge in [0.05, 0.1) is 27.5 Å². The van der Waals surface area contributed by atoms with E-state index in [1.54, 1.807) is 11.3 Å². The molecule has 8 heteroatoms. The summed E-state index contributed by atoms with van der Waals surface area (Å²) in [5.74, 6) is 1.50. The third-order valence-corrected chi connectivity index (χ3v) is 7.00. The van der Waals surface area contributed by atoms with E-state index < -0.39 is 0 Å². The Morgan fingerprint density at radius 3 is 2.72 bits per heavy atom. The smallest absolute Gasteiger partial charge is 0.212 e. The van der Waals surface area contributed by atoms with Crippen molar-refractivity contribution in [2.45, 2.75) is 13.5 Å². The Bertz CT molecular complexity index is 1160. The van der Waals surface area contributed by atoms with Gasteiger partial charge >= 0.3 is 0 Å². The number of hydrogen-bond donors (Lipinski definition) is 0. The first-order valence-corrected chi connectivity index (χ1v) is 11.9. The molecule has 0 fully saturated rings. The van der Waals surface area contributed by atoms with Gasteiger partial charge in [-0.1, -0.05) is 39.7 Å². The molecule has 0 bridgehead atoms. The molecule has 150 valence electrons. The number of nitrogens with zero attached hydrogens (tertiary/aromatic N) is 2. The summed E-state index contributed by atoms with van der Waals surface area (Å²) >= 11 is 15.0. The van der Waals surface area contributed by atoms with E-state index >= 15 is 0 Å². The highest BCUT2D eigenvalue weighted by molar-refractivity contribution is 9.11. The molecule has 4 nitrogen and oxygen atoms in total. The highest BCUT2D eigenvalue weighted by atomic mass is 79.9. The minimum Gasteiger partial charge on any atom is -0.490 e. The van der Waals surface area contributed by atoms with Crippen LogP contribution in [0.15, 0.2) is 56.8 Å². The summed E-state index contributed by atoms with van der Waals surface area (Å²) < 4.78 is 15.6. The molecule has 0 saturated carbocycles. The fourth-order valence-electron chi connectivity index (χ4n) is 3.01. The molecule has 0 radical (unpaired) electrons. The maximum Gasteiger partial charge on any atom is 0.212 e. The average Bonchev–Trinajstić information content (AvgIpc) is 3.30. The van der Waals surface area contributed by atoms with Crippen molar-refractivity contribution in [1.29, 1.82) is 0 Å². The number of benzene rings is 2. The summed E-state index contributed by atoms with van der Waals surface area (Å²) in [5.41, 5.74) is 0.811. The van der Waals surface area contributed by atoms with E-state index in [0.717, 1.165) is 36.0 Å². The molecule has 0 aliphatic heterocycles. The van der Waals surface area contributed by atoms with Crippen molar-refractivity contribution in [3.63, 3.8) is 0 Å². The number of thiophene rings is 1. The fourth-order valence-corrected chi connectivity index (χ4v) is 5.10. The minimum absolute atomic E-state index is 0.458. The van der Waals surface area contributed by atoms with E-state index in [1.807, 2.05) is 41.3 Å². The molecule has 2 aromatic carbocycles. The van der Waals surface area contributed by atoms with Crippen LogP contribution in [0.3, 0.4) is 0 Å². The Labute approximate surface area is 194 Å². The van der Waals surface area contributed by atoms with E-state index in [0.29, 0.717) is 30.7 Å². The van der Waals surface area contributed by atoms with Crippen LogP contribution >= 0.6 is 54.8 Å². The van der Waals surface area contributed by atoms with Gasteiger partial charge in [0, 0.05) is 10.5 Å². The SMILES string of the molecule is CCOc1cc(-c2sccc2Cl)nn1CCOc1ccc2cc(Br)ccc2c1Br. The predicted molar refractivity (Wildman–Crippen MR) is 127 cm³/mol. The van der Waals surface area contributed by atoms with Gasteiger partial charge in [-0.3, -0.25) is 0 Å². The maximum absolute atomic E-state index is 6.26. The molecule has 2 heterocycles. The van der Waals surface area contributed by atoms with E-state index in [4.69, 9.17) is 21.1 Å². The Balaban J connectivity index is 1.51. The average molecular weight is 557 g/mol. The van der Waals surface area contributed by atoms with Crippen LogP contribution in [0.2, 0.25) is 5.02 Å². The molecular weight excluding hydrogens is 540 g/mol. The zero-order valence-corrected chi connectivity index (χ0v) is 20.2. The van der Waals surface area contributed by atoms with Crippen LogP contribution in [0.25, 0.3) is 21.3 Å². The van der Waals surface area contributed by atoms with Crippen molar-refractivity contribution >= 4 is 65.6 Å². The Kier molecular flexibility index (Phi) is 6.49. The zero-order valence-electron chi connectivity index (χ0n) is 15.5. The lowest BCUT2D eigenvalue weighted by molar-refractivity contribution is 0.259. The summed E-state index contributed by atoms with van der Waals surface area (Å²) in [4.78, 5) is 0.940. The van der Waals surface area contributed by atoms with Gasteiger partial charge in [0.25, 0.3) is 0 Å². The van der Waals surface area contributed by atoms with Gasteiger partial charge in [0.1, 0.15) is 18.1 Å². The fraction of sp³-hybridized carbons (Fsp3) is 0.190. The standard InChI is InChI=1S/C21H17Br2ClN2O2S/c1-2-27-19-12-17(21-16(24)7-10-29-21)25-26(19)8-9-28-18-6-3-13-11-14(22)4-5-15(13)20(18)23/h3-7,10-12H,2,8-9H2,1H3. The monoisotopic (exact) mass is 554 g/mol. The quantitative estimate of drug-likeness (QED) is 0.238. The van der Waals surface area contributed by atoms with E-state index in [1.165, 1.54) is 0 Å². The second-order valence-electron chi connectivity index (χ2n) is 6.21. The predicted octanol–water partition coefficient (Wildman–Crippen LogP) is 7.42. The molecule has 29 heavy (non-hydrogen) atoms. The van der Waals surface area contributed by atoms with E-state index in [9.17, 15) is 0 Å². The van der Waals surface area contributed by atoms with Crippen LogP contribution in [0.4, 0.5) is 0 Å². The van der Waals surface area contributed by atoms with Crippen LogP contribution in [0.5, 0.6) is 11.6 Å². The summed E-state index contributed by atoms with van der Waals surface area (Å²) in [5, 5.41) is 9.57. The lowest BCUT2D eigenvalue weighted by atomic mass is 10.1. The lowest BCUT2D eigenvalue weighted by Gasteiger charge is -2.12. The van der Waals surface area contributed by atoms with Gasteiger partial charge < -0.3 is 9.47 Å². The lowest BCUT2D eigenvalue weighted by Crippen LogP contribution is -2.11. The van der Waals surface area contributed by atoms with Gasteiger partial charge in [-0.15, -0.1) is 11.3 Å². The maximum atomic E-state index is 6.26. The molecular formula is C21H17Br2ClN2O2S. The number of hydrogen-bond acceptors (Lipinski definition) is 4. The highest BCUT2D eigenvalue weighted by Crippen LogP contribution is 2.35. The summed E-state index contributed by atoms with van der Waals surface area (Å²) in [6.45, 7) is 3.54. The molecule has 4 aromatic rings. The highest BCUT2D eigenvalue weighted by Gasteiger charge is 2.14. The number of fused-ring (bicyclic) bond motifs is 1. The van der Waals surface area contributed by atoms with Crippen LogP contribution in [-0.2, 0) is 6.54 Å². The summed E-state index contributed by atoms with van der Waals surface area (Å²) in [7, 11) is 0. The Hall–Kier alpha value is -1.54. The van der Waals surface area contributed by atoms with E-state index in [2.05, 4.69) is 55.2 Å². The summed E-state index contributed by atoms with van der Waals surface area (Å²) in [6, 6.07) is 14.0. The minimum atomic E-state index is 0.458. The number of halogens is 3. The second kappa shape index (κ2) is 9.08. The molecule has 0 unspecified atom stereocenters. The van der Waals surface area contributed by atoms with Crippen molar-refractivity contribution in [1.82, 2.24) is 9.78 Å². The molecule has 0 saturated heterocycles. The molecule has 4 rings (SSSR count). The number of rotatable bonds is 7. The number of aromatic nitrogens is 2. The third-order valence-electron chi connectivity index (χ3n) is 4.33. The van der Waals surface area contributed by atoms with Crippen LogP contribution in [0, 0.1) is 0 Å². The first kappa shape index (κ1) is 20.7. The number of ether oxygens (including phenoxy) is 2. The van der Waals surface area contributed by atoms with Crippen LogP contribution in [0.1, 0.15) is 6.92 Å². The van der Waals surface area contributed by atoms with Crippen molar-refractivity contribution in [3.05, 3.63) is 61.8 Å². The Morgan fingerprint density at radius 2 is 1.97 bits per heavy atom. The first-order valence-electron chi connectivity index (χ1n) is 9.01. The summed E-state index contributed by atoms with van der Waals surface area (Å²) in [6.07, 6.45) is 0. The molecule has 0 aliphatic carbocycles. The van der Waals surface area contributed by atoms with Gasteiger partial charge in [-0.2, -0.15) is 5.10 Å².